The number of aliphatic hydroxyl groups excluding tert-OH is 1. The number of nitrogens with one attached hydrogen (secondary N) is 3. The molecule has 4 saturated carbocycles. The molecule has 7 aliphatic rings. The number of carbonyl (C=O) groups excluding carboxylic acids is 2. The molecule has 10 nitrogen and oxygen atoms in total. The van der Waals surface area contributed by atoms with E-state index < -0.39 is 11.8 Å². The van der Waals surface area contributed by atoms with Crippen LogP contribution in [0.4, 0.5) is 10.5 Å². The van der Waals surface area contributed by atoms with Crippen LogP contribution in [-0.2, 0) is 27.4 Å². The second-order valence-electron chi connectivity index (χ2n) is 18.9. The molecule has 60 heavy (non-hydrogen) atoms. The maximum absolute atomic E-state index is 13.4. The number of benzene rings is 4. The highest BCUT2D eigenvalue weighted by Crippen LogP contribution is 2.55. The molecule has 3 saturated heterocycles. The molecule has 7 fully saturated rings. The van der Waals surface area contributed by atoms with Gasteiger partial charge < -0.3 is 40.3 Å². The average molecular weight is 810 g/mol. The second kappa shape index (κ2) is 16.3. The number of carbonyl (C=O) groups is 2. The number of anilines is 1. The Balaban J connectivity index is 0.831. The van der Waals surface area contributed by atoms with Gasteiger partial charge in [-0.15, -0.1) is 0 Å². The van der Waals surface area contributed by atoms with Crippen molar-refractivity contribution < 1.29 is 24.2 Å². The van der Waals surface area contributed by atoms with Gasteiger partial charge in [-0.3, -0.25) is 4.79 Å². The van der Waals surface area contributed by atoms with Gasteiger partial charge in [0.25, 0.3) is 0 Å². The predicted molar refractivity (Wildman–Crippen MR) is 231 cm³/mol. The topological polar surface area (TPSA) is 115 Å². The minimum Gasteiger partial charge on any atom is -0.392 e. The van der Waals surface area contributed by atoms with E-state index in [-0.39, 0.29) is 42.2 Å². The van der Waals surface area contributed by atoms with Crippen LogP contribution in [0.1, 0.15) is 92.9 Å². The van der Waals surface area contributed by atoms with Gasteiger partial charge in [0.1, 0.15) is 5.54 Å². The first-order chi connectivity index (χ1) is 29.3. The molecule has 1 spiro atoms. The molecule has 3 aliphatic heterocycles. The van der Waals surface area contributed by atoms with Crippen molar-refractivity contribution in [2.45, 2.75) is 101 Å². The SMILES string of the molecule is C[C@H]1[C@@H](CN2CCC3(CC2)C(=O)NCN3c2ccccc2)O[C@@H](c2ccc(-c3ccccc3CNC(=O)NC34CC5CC(CC(C5)C3)C4)cc2)O[C@H]1c1ccc(CO)cc1. The Morgan fingerprint density at radius 2 is 1.47 bits per heavy atom. The van der Waals surface area contributed by atoms with E-state index in [4.69, 9.17) is 9.47 Å². The molecule has 3 amide bonds. The monoisotopic (exact) mass is 809 g/mol. The zero-order valence-electron chi connectivity index (χ0n) is 34.7. The molecule has 0 unspecified atom stereocenters. The van der Waals surface area contributed by atoms with Crippen LogP contribution in [0.3, 0.4) is 0 Å². The summed E-state index contributed by atoms with van der Waals surface area (Å²) in [5, 5.41) is 19.6. The Kier molecular flexibility index (Phi) is 10.7. The number of piperidine rings is 1. The molecular weight excluding hydrogens is 751 g/mol. The summed E-state index contributed by atoms with van der Waals surface area (Å²) < 4.78 is 13.7. The van der Waals surface area contributed by atoms with Crippen LogP contribution in [0.15, 0.2) is 103 Å². The highest BCUT2D eigenvalue weighted by molar-refractivity contribution is 5.93. The summed E-state index contributed by atoms with van der Waals surface area (Å²) >= 11 is 0. The van der Waals surface area contributed by atoms with E-state index in [1.54, 1.807) is 0 Å². The highest BCUT2D eigenvalue weighted by Gasteiger charge is 2.52. The van der Waals surface area contributed by atoms with Gasteiger partial charge in [-0.1, -0.05) is 97.9 Å². The lowest BCUT2D eigenvalue weighted by atomic mass is 9.53. The Labute approximate surface area is 354 Å². The molecule has 4 aromatic rings. The van der Waals surface area contributed by atoms with Crippen molar-refractivity contribution >= 4 is 17.6 Å². The van der Waals surface area contributed by atoms with Gasteiger partial charge in [-0.2, -0.15) is 0 Å². The van der Waals surface area contributed by atoms with Crippen LogP contribution in [-0.4, -0.2) is 65.4 Å². The van der Waals surface area contributed by atoms with E-state index in [1.807, 2.05) is 36.4 Å². The summed E-state index contributed by atoms with van der Waals surface area (Å²) in [4.78, 5) is 31.4. The molecule has 4 atom stereocenters. The Hall–Kier alpha value is -4.74. The number of ether oxygens (including phenoxy) is 2. The lowest BCUT2D eigenvalue weighted by Gasteiger charge is -2.56. The average Bonchev–Trinajstić information content (AvgIpc) is 3.58. The zero-order valence-corrected chi connectivity index (χ0v) is 34.7. The first-order valence-electron chi connectivity index (χ1n) is 22.3. The van der Waals surface area contributed by atoms with Crippen LogP contribution >= 0.6 is 0 Å². The van der Waals surface area contributed by atoms with E-state index in [9.17, 15) is 14.7 Å². The third kappa shape index (κ3) is 7.61. The van der Waals surface area contributed by atoms with Gasteiger partial charge in [0.2, 0.25) is 5.91 Å². The van der Waals surface area contributed by atoms with Gasteiger partial charge >= 0.3 is 6.03 Å². The smallest absolute Gasteiger partial charge is 0.315 e. The minimum atomic E-state index is -0.585. The molecule has 4 N–H and O–H groups in total. The second-order valence-corrected chi connectivity index (χ2v) is 18.9. The van der Waals surface area contributed by atoms with E-state index in [0.29, 0.717) is 13.2 Å². The fourth-order valence-corrected chi connectivity index (χ4v) is 12.2. The normalized spacial score (nSPS) is 30.7. The number of para-hydroxylation sites is 1. The third-order valence-corrected chi connectivity index (χ3v) is 15.0. The van der Waals surface area contributed by atoms with Crippen LogP contribution < -0.4 is 20.9 Å². The predicted octanol–water partition coefficient (Wildman–Crippen LogP) is 7.83. The number of urea groups is 1. The number of amides is 3. The van der Waals surface area contributed by atoms with Crippen LogP contribution in [0, 0.1) is 23.7 Å². The molecule has 0 radical (unpaired) electrons. The molecule has 4 aliphatic carbocycles. The Bertz CT molecular complexity index is 2120. The van der Waals surface area contributed by atoms with E-state index in [1.165, 1.54) is 19.3 Å². The largest absolute Gasteiger partial charge is 0.392 e. The van der Waals surface area contributed by atoms with Crippen molar-refractivity contribution in [3.63, 3.8) is 0 Å². The summed E-state index contributed by atoms with van der Waals surface area (Å²) in [5.74, 6) is 2.50. The fraction of sp³-hybridized carbons (Fsp3) is 0.480. The fourth-order valence-electron chi connectivity index (χ4n) is 12.2. The van der Waals surface area contributed by atoms with E-state index in [0.717, 1.165) is 109 Å². The van der Waals surface area contributed by atoms with Crippen LogP contribution in [0.25, 0.3) is 11.1 Å². The Morgan fingerprint density at radius 3 is 2.15 bits per heavy atom. The van der Waals surface area contributed by atoms with Gasteiger partial charge in [-0.05, 0) is 109 Å². The van der Waals surface area contributed by atoms with Gasteiger partial charge in [0.05, 0.1) is 25.5 Å². The van der Waals surface area contributed by atoms with Crippen LogP contribution in [0.2, 0.25) is 0 Å². The standard InChI is InChI=1S/C50H59N5O5/c1-33-44(30-54-21-19-50(20-22-54)47(57)52-32-55(50)42-8-3-2-4-9-42)59-46(60-45(33)39-13-11-34(31-56)12-14-39)40-17-15-38(16-18-40)43-10-6-5-7-41(43)29-51-48(58)53-49-26-35-23-36(27-49)25-37(24-35)28-49/h2-18,33,35-37,44-46,56H,19-32H2,1H3,(H,52,57)(H2,51,53,58)/t33-,35?,36?,37?,44+,45+,46+,49?/m0/s1. The zero-order chi connectivity index (χ0) is 40.8. The molecule has 11 rings (SSSR count). The number of aliphatic hydroxyl groups is 1. The summed E-state index contributed by atoms with van der Waals surface area (Å²) in [6, 6.07) is 35.0. The molecule has 10 heteroatoms. The highest BCUT2D eigenvalue weighted by atomic mass is 16.7. The summed E-state index contributed by atoms with van der Waals surface area (Å²) in [6.45, 7) is 5.48. The molecular formula is C50H59N5O5. The first kappa shape index (κ1) is 39.4. The maximum atomic E-state index is 13.4. The summed E-state index contributed by atoms with van der Waals surface area (Å²) in [6.07, 6.45) is 8.00. The first-order valence-corrected chi connectivity index (χ1v) is 22.3. The van der Waals surface area contributed by atoms with Gasteiger partial charge in [0.15, 0.2) is 6.29 Å². The molecule has 4 bridgehead atoms. The number of hydrogen-bond donors (Lipinski definition) is 4. The number of likely N-dealkylation sites (tertiary alicyclic amines) is 1. The number of nitrogens with zero attached hydrogens (tertiary/aromatic N) is 2. The van der Waals surface area contributed by atoms with Crippen LogP contribution in [0.5, 0.6) is 0 Å². The molecule has 314 valence electrons. The molecule has 3 heterocycles. The van der Waals surface area contributed by atoms with Gasteiger partial charge in [0, 0.05) is 48.9 Å². The minimum absolute atomic E-state index is 0.00747. The van der Waals surface area contributed by atoms with Crippen molar-refractivity contribution in [1.29, 1.82) is 0 Å². The molecule has 0 aromatic heterocycles. The van der Waals surface area contributed by atoms with Crippen molar-refractivity contribution in [2.75, 3.05) is 31.2 Å². The van der Waals surface area contributed by atoms with Crippen molar-refractivity contribution in [1.82, 2.24) is 20.9 Å². The summed E-state index contributed by atoms with van der Waals surface area (Å²) in [7, 11) is 0. The molecule has 4 aromatic carbocycles. The van der Waals surface area contributed by atoms with E-state index in [2.05, 4.69) is 99.4 Å². The number of rotatable bonds is 10. The third-order valence-electron chi connectivity index (χ3n) is 15.0. The van der Waals surface area contributed by atoms with Crippen molar-refractivity contribution in [2.24, 2.45) is 23.7 Å². The Morgan fingerprint density at radius 1 is 0.817 bits per heavy atom. The summed E-state index contributed by atoms with van der Waals surface area (Å²) in [5.41, 5.74) is 6.59. The number of hydrogen-bond acceptors (Lipinski definition) is 7. The lowest BCUT2D eigenvalue weighted by Crippen LogP contribution is -2.61. The van der Waals surface area contributed by atoms with E-state index >= 15 is 0 Å². The quantitative estimate of drug-likeness (QED) is 0.129. The lowest BCUT2D eigenvalue weighted by molar-refractivity contribution is -0.276. The van der Waals surface area contributed by atoms with Crippen molar-refractivity contribution in [3.05, 3.63) is 125 Å². The van der Waals surface area contributed by atoms with Gasteiger partial charge in [-0.25, -0.2) is 4.79 Å². The maximum Gasteiger partial charge on any atom is 0.315 e. The van der Waals surface area contributed by atoms with Crippen molar-refractivity contribution in [3.8, 4) is 11.1 Å².